The van der Waals surface area contributed by atoms with E-state index in [4.69, 9.17) is 5.73 Å². The highest BCUT2D eigenvalue weighted by molar-refractivity contribution is 5.05. The van der Waals surface area contributed by atoms with Gasteiger partial charge in [0.1, 0.15) is 0 Å². The Balaban J connectivity index is 1.84. The van der Waals surface area contributed by atoms with Crippen molar-refractivity contribution in [2.75, 3.05) is 6.54 Å². The highest BCUT2D eigenvalue weighted by Gasteiger charge is 2.56. The molecule has 0 saturated heterocycles. The Morgan fingerprint density at radius 2 is 2.00 bits per heavy atom. The van der Waals surface area contributed by atoms with Gasteiger partial charge in [0.25, 0.3) is 0 Å². The predicted octanol–water partition coefficient (Wildman–Crippen LogP) is 0.988. The molecule has 2 heteroatoms. The molecule has 3 N–H and O–H groups in total. The van der Waals surface area contributed by atoms with Gasteiger partial charge in [-0.3, -0.25) is 0 Å². The van der Waals surface area contributed by atoms with E-state index in [1.807, 2.05) is 0 Å². The Morgan fingerprint density at radius 3 is 2.77 bits per heavy atom. The molecule has 0 spiro atoms. The van der Waals surface area contributed by atoms with Crippen molar-refractivity contribution in [2.24, 2.45) is 35.3 Å². The molecule has 3 aliphatic rings. The van der Waals surface area contributed by atoms with Crippen LogP contribution < -0.4 is 5.73 Å². The molecular formula is C11H19NO. The standard InChI is InChI=1S/C11H19NO/c12-5-6-1-2-8-9-3-7(11(6)8)4-10(9)13/h6-11,13H,1-5,12H2/t6?,7-,8?,9-,10?,11?/m0/s1. The zero-order valence-corrected chi connectivity index (χ0v) is 8.02. The van der Waals surface area contributed by atoms with Crippen LogP contribution >= 0.6 is 0 Å². The van der Waals surface area contributed by atoms with Gasteiger partial charge in [-0.15, -0.1) is 0 Å². The molecule has 3 saturated carbocycles. The van der Waals surface area contributed by atoms with Crippen LogP contribution in [0.25, 0.3) is 0 Å². The monoisotopic (exact) mass is 181 g/mol. The summed E-state index contributed by atoms with van der Waals surface area (Å²) in [7, 11) is 0. The van der Waals surface area contributed by atoms with Gasteiger partial charge in [-0.1, -0.05) is 0 Å². The maximum absolute atomic E-state index is 9.79. The molecule has 0 aromatic carbocycles. The second-order valence-corrected chi connectivity index (χ2v) is 5.28. The number of nitrogens with two attached hydrogens (primary N) is 1. The summed E-state index contributed by atoms with van der Waals surface area (Å²) in [5.41, 5.74) is 5.79. The first-order valence-electron chi connectivity index (χ1n) is 5.69. The largest absolute Gasteiger partial charge is 0.393 e. The third kappa shape index (κ3) is 0.962. The van der Waals surface area contributed by atoms with Crippen molar-refractivity contribution in [2.45, 2.75) is 31.8 Å². The van der Waals surface area contributed by atoms with Crippen LogP contribution in [-0.4, -0.2) is 17.8 Å². The van der Waals surface area contributed by atoms with Gasteiger partial charge >= 0.3 is 0 Å². The van der Waals surface area contributed by atoms with Gasteiger partial charge in [0.2, 0.25) is 0 Å². The predicted molar refractivity (Wildman–Crippen MR) is 51.0 cm³/mol. The maximum Gasteiger partial charge on any atom is 0.0574 e. The lowest BCUT2D eigenvalue weighted by Crippen LogP contribution is -2.32. The summed E-state index contributed by atoms with van der Waals surface area (Å²) < 4.78 is 0. The van der Waals surface area contributed by atoms with E-state index in [0.29, 0.717) is 5.92 Å². The van der Waals surface area contributed by atoms with Crippen molar-refractivity contribution in [3.05, 3.63) is 0 Å². The van der Waals surface area contributed by atoms with Crippen LogP contribution in [0.5, 0.6) is 0 Å². The fourth-order valence-electron chi connectivity index (χ4n) is 4.51. The molecule has 0 radical (unpaired) electrons. The van der Waals surface area contributed by atoms with E-state index in [0.717, 1.165) is 36.6 Å². The fourth-order valence-corrected chi connectivity index (χ4v) is 4.51. The Hall–Kier alpha value is -0.0800. The summed E-state index contributed by atoms with van der Waals surface area (Å²) in [5.74, 6) is 3.97. The van der Waals surface area contributed by atoms with E-state index in [-0.39, 0.29) is 6.10 Å². The van der Waals surface area contributed by atoms with Crippen LogP contribution in [0.2, 0.25) is 0 Å². The summed E-state index contributed by atoms with van der Waals surface area (Å²) in [6.07, 6.45) is 5.06. The average molecular weight is 181 g/mol. The minimum absolute atomic E-state index is 0.0303. The number of aliphatic hydroxyl groups is 1. The van der Waals surface area contributed by atoms with Crippen LogP contribution in [0.4, 0.5) is 0 Å². The van der Waals surface area contributed by atoms with Gasteiger partial charge < -0.3 is 10.8 Å². The maximum atomic E-state index is 9.79. The first kappa shape index (κ1) is 8.25. The molecule has 4 unspecified atom stereocenters. The van der Waals surface area contributed by atoms with Crippen LogP contribution in [0.1, 0.15) is 25.7 Å². The van der Waals surface area contributed by atoms with Gasteiger partial charge in [0.15, 0.2) is 0 Å². The lowest BCUT2D eigenvalue weighted by atomic mass is 9.77. The number of aliphatic hydroxyl groups excluding tert-OH is 1. The van der Waals surface area contributed by atoms with Gasteiger partial charge in [-0.05, 0) is 61.8 Å². The van der Waals surface area contributed by atoms with Crippen molar-refractivity contribution in [3.63, 3.8) is 0 Å². The summed E-state index contributed by atoms with van der Waals surface area (Å²) >= 11 is 0. The van der Waals surface area contributed by atoms with E-state index >= 15 is 0 Å². The van der Waals surface area contributed by atoms with Gasteiger partial charge in [-0.2, -0.15) is 0 Å². The molecule has 0 aromatic rings. The number of rotatable bonds is 1. The van der Waals surface area contributed by atoms with Gasteiger partial charge in [0, 0.05) is 0 Å². The van der Waals surface area contributed by atoms with Crippen molar-refractivity contribution in [1.82, 2.24) is 0 Å². The Kier molecular flexibility index (Phi) is 1.72. The lowest BCUT2D eigenvalue weighted by Gasteiger charge is -2.31. The van der Waals surface area contributed by atoms with Gasteiger partial charge in [-0.25, -0.2) is 0 Å². The van der Waals surface area contributed by atoms with E-state index in [9.17, 15) is 5.11 Å². The van der Waals surface area contributed by atoms with Crippen molar-refractivity contribution < 1.29 is 5.11 Å². The fraction of sp³-hybridized carbons (Fsp3) is 1.00. The number of fused-ring (bicyclic) bond motifs is 5. The summed E-state index contributed by atoms with van der Waals surface area (Å²) in [5, 5.41) is 9.79. The van der Waals surface area contributed by atoms with Crippen LogP contribution in [0, 0.1) is 29.6 Å². The van der Waals surface area contributed by atoms with E-state index in [1.54, 1.807) is 0 Å². The van der Waals surface area contributed by atoms with Crippen molar-refractivity contribution in [3.8, 4) is 0 Å². The first-order chi connectivity index (χ1) is 6.31. The third-order valence-corrected chi connectivity index (χ3v) is 4.92. The molecule has 74 valence electrons. The van der Waals surface area contributed by atoms with Crippen LogP contribution in [0.3, 0.4) is 0 Å². The Labute approximate surface area is 79.5 Å². The lowest BCUT2D eigenvalue weighted by molar-refractivity contribution is 0.0563. The zero-order valence-electron chi connectivity index (χ0n) is 8.02. The highest BCUT2D eigenvalue weighted by Crippen LogP contribution is 2.60. The highest BCUT2D eigenvalue weighted by atomic mass is 16.3. The van der Waals surface area contributed by atoms with Crippen molar-refractivity contribution >= 4 is 0 Å². The average Bonchev–Trinajstić information content (AvgIpc) is 2.71. The van der Waals surface area contributed by atoms with Crippen LogP contribution in [0.15, 0.2) is 0 Å². The minimum atomic E-state index is 0.0303. The molecule has 2 nitrogen and oxygen atoms in total. The number of hydrogen-bond donors (Lipinski definition) is 2. The second-order valence-electron chi connectivity index (χ2n) is 5.28. The molecule has 0 heterocycles. The summed E-state index contributed by atoms with van der Waals surface area (Å²) in [6, 6.07) is 0. The molecule has 3 rings (SSSR count). The summed E-state index contributed by atoms with van der Waals surface area (Å²) in [4.78, 5) is 0. The topological polar surface area (TPSA) is 46.2 Å². The second kappa shape index (κ2) is 2.71. The normalized spacial score (nSPS) is 58.6. The van der Waals surface area contributed by atoms with Crippen LogP contribution in [-0.2, 0) is 0 Å². The van der Waals surface area contributed by atoms with Gasteiger partial charge in [0.05, 0.1) is 6.10 Å². The third-order valence-electron chi connectivity index (χ3n) is 4.92. The molecule has 13 heavy (non-hydrogen) atoms. The Bertz CT molecular complexity index is 218. The Morgan fingerprint density at radius 1 is 1.15 bits per heavy atom. The van der Waals surface area contributed by atoms with E-state index < -0.39 is 0 Å². The molecular weight excluding hydrogens is 162 g/mol. The molecule has 3 aliphatic carbocycles. The minimum Gasteiger partial charge on any atom is -0.393 e. The molecule has 6 atom stereocenters. The molecule has 3 fully saturated rings. The zero-order chi connectivity index (χ0) is 9.00. The summed E-state index contributed by atoms with van der Waals surface area (Å²) in [6.45, 7) is 0.875. The molecule has 0 aliphatic heterocycles. The van der Waals surface area contributed by atoms with E-state index in [2.05, 4.69) is 0 Å². The quantitative estimate of drug-likeness (QED) is 0.633. The first-order valence-corrected chi connectivity index (χ1v) is 5.69. The van der Waals surface area contributed by atoms with Crippen molar-refractivity contribution in [1.29, 1.82) is 0 Å². The number of hydrogen-bond acceptors (Lipinski definition) is 2. The SMILES string of the molecule is NCC1CCC2C1[C@@H]1CC(O)[C@H]2C1. The molecule has 0 aromatic heterocycles. The molecule has 2 bridgehead atoms. The van der Waals surface area contributed by atoms with E-state index in [1.165, 1.54) is 19.3 Å². The smallest absolute Gasteiger partial charge is 0.0574 e. The molecule has 0 amide bonds.